The molecular formula is C104H156N12O32. The molecule has 0 amide bonds. The molecule has 44 heteroatoms. The SMILES string of the molecule is CC1OC(OCCOCCOCCn2cc(COc3c4cc(C(C)(C)C)cc3Cc3cc(C(C)(C)C)cc(c3OCc3cn(CCOCCOCCOC5OC(C)C(O)C(O)C5O)nn3)Cc3cc(C(C)(C)C)cc(c3OCc3cn(CCOCCOCCOC5OC(C)C(O)C(O)C5O)nn3)Cc3cc(C(C)(C)C)cc(c3OCc3cn(CCOCCOCCOC5OC(C)C(O)C(O)C5O)nn3)C4)nn2)C(O)C(O)C1O. The highest BCUT2D eigenvalue weighted by atomic mass is 16.7. The number of fused-ring (bicyclic) bond motifs is 8. The Hall–Kier alpha value is -8.48. The second kappa shape index (κ2) is 54.4. The molecule has 8 bridgehead atoms. The Kier molecular flexibility index (Phi) is 42.8. The van der Waals surface area contributed by atoms with E-state index in [0.717, 1.165) is 66.8 Å². The number of nitrogens with zero attached hydrogens (tertiary/aromatic N) is 12. The van der Waals surface area contributed by atoms with Crippen molar-refractivity contribution in [3.63, 3.8) is 0 Å². The molecule has 1 aliphatic carbocycles. The molecule has 4 aliphatic heterocycles. The van der Waals surface area contributed by atoms with Crippen LogP contribution in [0.25, 0.3) is 0 Å². The Morgan fingerprint density at radius 1 is 0.243 bits per heavy atom. The normalized spacial score (nSPS) is 25.2. The molecule has 0 spiro atoms. The Bertz CT molecular complexity index is 4650. The molecule has 4 saturated heterocycles. The highest BCUT2D eigenvalue weighted by molar-refractivity contribution is 5.60. The van der Waals surface area contributed by atoms with Crippen LogP contribution in [-0.2, 0) is 176 Å². The van der Waals surface area contributed by atoms with Gasteiger partial charge in [0.2, 0.25) is 0 Å². The van der Waals surface area contributed by atoms with Gasteiger partial charge in [-0.25, -0.2) is 18.7 Å². The van der Waals surface area contributed by atoms with Gasteiger partial charge in [-0.1, -0.05) is 152 Å². The maximum atomic E-state index is 10.4. The largest absolute Gasteiger partial charge is 0.487 e. The smallest absolute Gasteiger partial charge is 0.186 e. The van der Waals surface area contributed by atoms with Gasteiger partial charge in [0.1, 0.15) is 145 Å². The number of aliphatic hydroxyl groups is 12. The van der Waals surface area contributed by atoms with Gasteiger partial charge in [-0.15, -0.1) is 20.4 Å². The fourth-order valence-electron chi connectivity index (χ4n) is 17.4. The molecular weight excluding hydrogens is 1930 g/mol. The van der Waals surface area contributed by atoms with Crippen LogP contribution in [0.1, 0.15) is 200 Å². The number of ether oxygens (including phenoxy) is 20. The molecule has 8 aromatic rings. The molecule has 4 aromatic heterocycles. The lowest BCUT2D eigenvalue weighted by Crippen LogP contribution is -2.57. The van der Waals surface area contributed by atoms with Gasteiger partial charge in [-0.05, 0) is 116 Å². The van der Waals surface area contributed by atoms with E-state index in [4.69, 9.17) is 94.7 Å². The third-order valence-corrected chi connectivity index (χ3v) is 26.4. The van der Waals surface area contributed by atoms with Gasteiger partial charge in [0.25, 0.3) is 0 Å². The van der Waals surface area contributed by atoms with E-state index in [1.54, 1.807) is 46.4 Å². The predicted octanol–water partition coefficient (Wildman–Crippen LogP) is 3.74. The van der Waals surface area contributed by atoms with Crippen molar-refractivity contribution in [2.24, 2.45) is 0 Å². The first-order chi connectivity index (χ1) is 70.5. The Morgan fingerprint density at radius 3 is 0.588 bits per heavy atom. The molecule has 20 unspecified atom stereocenters. The van der Waals surface area contributed by atoms with Crippen LogP contribution in [0.2, 0.25) is 0 Å². The fraction of sp³-hybridized carbons (Fsp3) is 0.692. The van der Waals surface area contributed by atoms with E-state index in [-0.39, 0.29) is 184 Å². The van der Waals surface area contributed by atoms with Crippen LogP contribution in [0, 0.1) is 0 Å². The van der Waals surface area contributed by atoms with Crippen molar-refractivity contribution in [1.82, 2.24) is 60.0 Å². The Labute approximate surface area is 863 Å². The van der Waals surface area contributed by atoms with E-state index in [0.29, 0.717) is 72.0 Å². The zero-order valence-corrected chi connectivity index (χ0v) is 88.0. The van der Waals surface area contributed by atoms with Gasteiger partial charge in [-0.2, -0.15) is 0 Å². The molecule has 44 nitrogen and oxygen atoms in total. The highest BCUT2D eigenvalue weighted by Gasteiger charge is 2.47. The average Bonchev–Trinajstić information content (AvgIpc) is 0.858. The third-order valence-electron chi connectivity index (χ3n) is 26.4. The average molecular weight is 2090 g/mol. The quantitative estimate of drug-likeness (QED) is 0.0242. The first kappa shape index (κ1) is 117. The molecule has 0 radical (unpaired) electrons. The number of hydrogen-bond acceptors (Lipinski definition) is 40. The summed E-state index contributed by atoms with van der Waals surface area (Å²) in [6, 6.07) is 18.0. The van der Waals surface area contributed by atoms with E-state index < -0.39 is 144 Å². The first-order valence-corrected chi connectivity index (χ1v) is 51.1. The van der Waals surface area contributed by atoms with Gasteiger partial charge >= 0.3 is 0 Å². The van der Waals surface area contributed by atoms with E-state index in [1.807, 2.05) is 24.8 Å². The third kappa shape index (κ3) is 32.8. The van der Waals surface area contributed by atoms with Crippen molar-refractivity contribution in [3.05, 3.63) is 163 Å². The molecule has 5 aliphatic rings. The zero-order valence-electron chi connectivity index (χ0n) is 88.0. The van der Waals surface area contributed by atoms with E-state index in [1.165, 1.54) is 0 Å². The molecule has 13 rings (SSSR count). The van der Waals surface area contributed by atoms with Crippen molar-refractivity contribution in [2.75, 3.05) is 132 Å². The summed E-state index contributed by atoms with van der Waals surface area (Å²) in [7, 11) is 0. The van der Waals surface area contributed by atoms with Crippen LogP contribution in [0.15, 0.2) is 73.3 Å². The lowest BCUT2D eigenvalue weighted by Gasteiger charge is -2.38. The standard InChI is InChI=1S/C104H156N12O32/c1-61-81(117)85(121)89(125)97(145-61)137-37-33-133-29-25-129-21-17-113-53-77(105-109-113)57-141-93-65-41-67-47-74(102(8,9)10)49-69(94(67)142-58-78-54-114(110-106-78)18-22-130-26-30-134-34-38-138-98-90(126)86(122)82(118)62(2)146-98)43-71-51-76(104(14,15)16)52-72(96(71)144-60-80-56-116(112-108-80)20-24-132-28-32-136-36-40-140-100-92(128)88(124)84(120)64(4)148-100)44-70-50-75(103(11,12)13)48-68(42-66(93)46-73(45-65)101(5,6)7)95(70)143-59-79-55-115(111-107-79)19-23-131-27-31-135-35-39-139-99-91(127)87(123)83(119)63(3)147-99/h45-56,61-64,81-92,97-100,117-128H,17-44,57-60H2,1-16H3. The van der Waals surface area contributed by atoms with Crippen molar-refractivity contribution in [1.29, 1.82) is 0 Å². The molecule has 20 atom stereocenters. The number of hydrogen-bond donors (Lipinski definition) is 12. The number of benzene rings is 4. The molecule has 824 valence electrons. The summed E-state index contributed by atoms with van der Waals surface area (Å²) in [4.78, 5) is 0. The van der Waals surface area contributed by atoms with Gasteiger partial charge in [0, 0.05) is 25.7 Å². The fourth-order valence-corrected chi connectivity index (χ4v) is 17.4. The second-order valence-corrected chi connectivity index (χ2v) is 42.4. The van der Waals surface area contributed by atoms with Crippen molar-refractivity contribution in [3.8, 4) is 23.0 Å². The predicted molar refractivity (Wildman–Crippen MR) is 529 cm³/mol. The van der Waals surface area contributed by atoms with Crippen LogP contribution >= 0.6 is 0 Å². The van der Waals surface area contributed by atoms with Crippen LogP contribution in [0.3, 0.4) is 0 Å². The number of rotatable bonds is 52. The molecule has 8 heterocycles. The summed E-state index contributed by atoms with van der Waals surface area (Å²) >= 11 is 0. The molecule has 148 heavy (non-hydrogen) atoms. The van der Waals surface area contributed by atoms with Crippen LogP contribution in [0.4, 0.5) is 0 Å². The minimum absolute atomic E-state index is 0.000594. The summed E-state index contributed by atoms with van der Waals surface area (Å²) in [5.74, 6) is 2.45. The zero-order chi connectivity index (χ0) is 106. The Morgan fingerprint density at radius 2 is 0.412 bits per heavy atom. The molecule has 4 fully saturated rings. The summed E-state index contributed by atoms with van der Waals surface area (Å²) in [5.41, 5.74) is 11.5. The monoisotopic (exact) mass is 2090 g/mol. The van der Waals surface area contributed by atoms with Crippen LogP contribution in [0.5, 0.6) is 23.0 Å². The van der Waals surface area contributed by atoms with Gasteiger partial charge in [-0.3, -0.25) is 0 Å². The van der Waals surface area contributed by atoms with Gasteiger partial charge < -0.3 is 156 Å². The number of aliphatic hydroxyl groups excluding tert-OH is 12. The number of aromatic nitrogens is 12. The summed E-state index contributed by atoms with van der Waals surface area (Å²) in [6.07, 6.45) is -15.4. The van der Waals surface area contributed by atoms with Gasteiger partial charge in [0.15, 0.2) is 25.2 Å². The lowest BCUT2D eigenvalue weighted by molar-refractivity contribution is -0.294. The van der Waals surface area contributed by atoms with Crippen molar-refractivity contribution in [2.45, 2.75) is 334 Å². The molecule has 4 aromatic carbocycles. The lowest BCUT2D eigenvalue weighted by atomic mass is 9.79. The van der Waals surface area contributed by atoms with Gasteiger partial charge in [0.05, 0.1) is 208 Å². The van der Waals surface area contributed by atoms with E-state index >= 15 is 0 Å². The van der Waals surface area contributed by atoms with Crippen LogP contribution in [-0.4, -0.2) is 376 Å². The minimum Gasteiger partial charge on any atom is -0.487 e. The first-order valence-electron chi connectivity index (χ1n) is 51.1. The van der Waals surface area contributed by atoms with E-state index in [2.05, 4.69) is 173 Å². The van der Waals surface area contributed by atoms with E-state index in [9.17, 15) is 61.3 Å². The molecule has 12 N–H and O–H groups in total. The second-order valence-electron chi connectivity index (χ2n) is 42.4. The maximum absolute atomic E-state index is 10.4. The van der Waals surface area contributed by atoms with Crippen molar-refractivity contribution >= 4 is 0 Å². The van der Waals surface area contributed by atoms with Crippen LogP contribution < -0.4 is 18.9 Å². The Balaban J connectivity index is 0.813. The summed E-state index contributed by atoms with van der Waals surface area (Å²) < 4.78 is 128. The summed E-state index contributed by atoms with van der Waals surface area (Å²) in [5, 5.41) is 160. The van der Waals surface area contributed by atoms with Crippen molar-refractivity contribution < 1.29 is 156 Å². The molecule has 0 saturated carbocycles. The maximum Gasteiger partial charge on any atom is 0.186 e. The topological polar surface area (TPSA) is 550 Å². The minimum atomic E-state index is -1.43. The highest BCUT2D eigenvalue weighted by Crippen LogP contribution is 2.46. The summed E-state index contributed by atoms with van der Waals surface area (Å²) in [6.45, 7) is 38.1.